The average Bonchev–Trinajstić information content (AvgIpc) is 2.71. The van der Waals surface area contributed by atoms with Gasteiger partial charge in [-0.15, -0.1) is 0 Å². The molecule has 0 amide bonds. The van der Waals surface area contributed by atoms with Gasteiger partial charge in [-0.1, -0.05) is 136 Å². The van der Waals surface area contributed by atoms with Gasteiger partial charge in [0.15, 0.2) is 0 Å². The van der Waals surface area contributed by atoms with Crippen molar-refractivity contribution in [1.29, 1.82) is 0 Å². The number of hydrogen-bond acceptors (Lipinski definition) is 2. The van der Waals surface area contributed by atoms with E-state index in [0.29, 0.717) is 12.3 Å². The van der Waals surface area contributed by atoms with Crippen LogP contribution in [0.3, 0.4) is 0 Å². The van der Waals surface area contributed by atoms with E-state index in [1.54, 1.807) is 0 Å². The van der Waals surface area contributed by atoms with Crippen molar-refractivity contribution >= 4 is 5.97 Å². The van der Waals surface area contributed by atoms with Gasteiger partial charge in [0.05, 0.1) is 6.10 Å². The van der Waals surface area contributed by atoms with E-state index in [0.717, 1.165) is 12.8 Å². The Hall–Kier alpha value is -0.530. The Morgan fingerprint density at radius 3 is 1.37 bits per heavy atom. The van der Waals surface area contributed by atoms with Crippen LogP contribution in [0.4, 0.5) is 0 Å². The van der Waals surface area contributed by atoms with E-state index >= 15 is 0 Å². The molecule has 0 spiro atoms. The highest BCUT2D eigenvalue weighted by atomic mass is 16.5. The van der Waals surface area contributed by atoms with Crippen LogP contribution in [0.5, 0.6) is 0 Å². The summed E-state index contributed by atoms with van der Waals surface area (Å²) in [4.78, 5) is 12.2. The molecular weight excluding hydrogens is 368 g/mol. The standard InChI is InChI=1S/C28H56O2/c1-5-7-9-11-13-15-17-19-21-23-26(3)25-28(29)30-27(4)24-22-20-18-16-14-12-10-8-6-2/h26-27H,5-25H2,1-4H3. The normalized spacial score (nSPS) is 13.3. The molecule has 180 valence electrons. The zero-order valence-corrected chi connectivity index (χ0v) is 21.3. The summed E-state index contributed by atoms with van der Waals surface area (Å²) < 4.78 is 5.65. The maximum absolute atomic E-state index is 12.2. The monoisotopic (exact) mass is 424 g/mol. The summed E-state index contributed by atoms with van der Waals surface area (Å²) in [6.45, 7) is 8.81. The first-order chi connectivity index (χ1) is 14.6. The van der Waals surface area contributed by atoms with Crippen molar-refractivity contribution in [2.75, 3.05) is 0 Å². The summed E-state index contributed by atoms with van der Waals surface area (Å²) in [5, 5.41) is 0. The van der Waals surface area contributed by atoms with E-state index in [1.807, 2.05) is 0 Å². The third-order valence-corrected chi connectivity index (χ3v) is 6.36. The number of unbranched alkanes of at least 4 members (excludes halogenated alkanes) is 16. The zero-order chi connectivity index (χ0) is 22.3. The summed E-state index contributed by atoms with van der Waals surface area (Å²) in [5.41, 5.74) is 0. The highest BCUT2D eigenvalue weighted by Gasteiger charge is 2.13. The molecule has 2 unspecified atom stereocenters. The fourth-order valence-electron chi connectivity index (χ4n) is 4.26. The summed E-state index contributed by atoms with van der Waals surface area (Å²) in [5.74, 6) is 0.476. The Kier molecular flexibility index (Phi) is 22.7. The Balaban J connectivity index is 3.47. The predicted octanol–water partition coefficient (Wildman–Crippen LogP) is 9.79. The van der Waals surface area contributed by atoms with E-state index in [9.17, 15) is 4.79 Å². The number of esters is 1. The minimum absolute atomic E-state index is 0.0156. The quantitative estimate of drug-likeness (QED) is 0.120. The average molecular weight is 425 g/mol. The van der Waals surface area contributed by atoms with Crippen LogP contribution in [0.2, 0.25) is 0 Å². The van der Waals surface area contributed by atoms with Crippen molar-refractivity contribution in [1.82, 2.24) is 0 Å². The fourth-order valence-corrected chi connectivity index (χ4v) is 4.26. The summed E-state index contributed by atoms with van der Waals surface area (Å²) >= 11 is 0. The second kappa shape index (κ2) is 23.1. The van der Waals surface area contributed by atoms with Crippen LogP contribution in [-0.4, -0.2) is 12.1 Å². The SMILES string of the molecule is CCCCCCCCCCCC(C)CC(=O)OC(C)CCCCCCCCCCC. The first-order valence-electron chi connectivity index (χ1n) is 13.8. The van der Waals surface area contributed by atoms with Crippen molar-refractivity contribution in [2.45, 2.75) is 169 Å². The number of hydrogen-bond donors (Lipinski definition) is 0. The van der Waals surface area contributed by atoms with Crippen LogP contribution in [0, 0.1) is 5.92 Å². The summed E-state index contributed by atoms with van der Waals surface area (Å²) in [6.07, 6.45) is 27.2. The molecule has 0 aromatic rings. The van der Waals surface area contributed by atoms with E-state index in [4.69, 9.17) is 4.74 Å². The molecular formula is C28H56O2. The largest absolute Gasteiger partial charge is 0.463 e. The molecule has 2 heteroatoms. The molecule has 2 atom stereocenters. The Labute approximate surface area is 190 Å². The molecule has 0 rings (SSSR count). The van der Waals surface area contributed by atoms with Gasteiger partial charge in [0.2, 0.25) is 0 Å². The summed E-state index contributed by atoms with van der Waals surface area (Å²) in [6, 6.07) is 0. The van der Waals surface area contributed by atoms with Gasteiger partial charge in [-0.2, -0.15) is 0 Å². The molecule has 0 aromatic heterocycles. The molecule has 0 aliphatic heterocycles. The van der Waals surface area contributed by atoms with Crippen LogP contribution >= 0.6 is 0 Å². The number of rotatable bonds is 23. The maximum atomic E-state index is 12.2. The minimum Gasteiger partial charge on any atom is -0.463 e. The highest BCUT2D eigenvalue weighted by Crippen LogP contribution is 2.17. The molecule has 0 heterocycles. The van der Waals surface area contributed by atoms with Crippen molar-refractivity contribution in [3.63, 3.8) is 0 Å². The summed E-state index contributed by atoms with van der Waals surface area (Å²) in [7, 11) is 0. The van der Waals surface area contributed by atoms with Crippen molar-refractivity contribution in [2.24, 2.45) is 5.92 Å². The molecule has 0 aliphatic rings. The Morgan fingerprint density at radius 2 is 0.933 bits per heavy atom. The van der Waals surface area contributed by atoms with Crippen LogP contribution < -0.4 is 0 Å². The molecule has 0 bridgehead atoms. The van der Waals surface area contributed by atoms with E-state index in [1.165, 1.54) is 116 Å². The lowest BCUT2D eigenvalue weighted by Crippen LogP contribution is -2.17. The van der Waals surface area contributed by atoms with Crippen LogP contribution in [0.1, 0.15) is 163 Å². The number of ether oxygens (including phenoxy) is 1. The molecule has 0 aliphatic carbocycles. The second-order valence-corrected chi connectivity index (χ2v) is 9.84. The smallest absolute Gasteiger partial charge is 0.306 e. The zero-order valence-electron chi connectivity index (χ0n) is 21.3. The molecule has 0 saturated heterocycles. The lowest BCUT2D eigenvalue weighted by Gasteiger charge is -2.15. The van der Waals surface area contributed by atoms with Crippen molar-refractivity contribution < 1.29 is 9.53 Å². The third-order valence-electron chi connectivity index (χ3n) is 6.36. The van der Waals surface area contributed by atoms with E-state index in [-0.39, 0.29) is 12.1 Å². The van der Waals surface area contributed by atoms with Gasteiger partial charge in [-0.3, -0.25) is 4.79 Å². The number of carbonyl (C=O) groups excluding carboxylic acids is 1. The molecule has 0 fully saturated rings. The van der Waals surface area contributed by atoms with Gasteiger partial charge in [-0.05, 0) is 25.7 Å². The minimum atomic E-state index is 0.0156. The van der Waals surface area contributed by atoms with Gasteiger partial charge < -0.3 is 4.74 Å². The maximum Gasteiger partial charge on any atom is 0.306 e. The molecule has 0 N–H and O–H groups in total. The molecule has 30 heavy (non-hydrogen) atoms. The first-order valence-corrected chi connectivity index (χ1v) is 13.8. The molecule has 2 nitrogen and oxygen atoms in total. The lowest BCUT2D eigenvalue weighted by molar-refractivity contribution is -0.149. The van der Waals surface area contributed by atoms with Gasteiger partial charge in [0.25, 0.3) is 0 Å². The second-order valence-electron chi connectivity index (χ2n) is 9.84. The number of carbonyl (C=O) groups is 1. The van der Waals surface area contributed by atoms with Crippen molar-refractivity contribution in [3.8, 4) is 0 Å². The lowest BCUT2D eigenvalue weighted by atomic mass is 9.99. The molecule has 0 saturated carbocycles. The van der Waals surface area contributed by atoms with Crippen molar-refractivity contribution in [3.05, 3.63) is 0 Å². The van der Waals surface area contributed by atoms with Gasteiger partial charge >= 0.3 is 5.97 Å². The van der Waals surface area contributed by atoms with Crippen LogP contribution in [-0.2, 0) is 9.53 Å². The van der Waals surface area contributed by atoms with E-state index < -0.39 is 0 Å². The topological polar surface area (TPSA) is 26.3 Å². The Morgan fingerprint density at radius 1 is 0.567 bits per heavy atom. The first kappa shape index (κ1) is 29.5. The Bertz CT molecular complexity index is 321. The highest BCUT2D eigenvalue weighted by molar-refractivity contribution is 5.69. The molecule has 0 radical (unpaired) electrons. The third kappa shape index (κ3) is 22.2. The van der Waals surface area contributed by atoms with E-state index in [2.05, 4.69) is 27.7 Å². The van der Waals surface area contributed by atoms with Gasteiger partial charge in [0.1, 0.15) is 0 Å². The predicted molar refractivity (Wildman–Crippen MR) is 133 cm³/mol. The molecule has 0 aromatic carbocycles. The van der Waals surface area contributed by atoms with Crippen LogP contribution in [0.15, 0.2) is 0 Å². The fraction of sp³-hybridized carbons (Fsp3) is 0.964. The van der Waals surface area contributed by atoms with Crippen LogP contribution in [0.25, 0.3) is 0 Å². The van der Waals surface area contributed by atoms with Gasteiger partial charge in [0, 0.05) is 6.42 Å². The van der Waals surface area contributed by atoms with Gasteiger partial charge in [-0.25, -0.2) is 0 Å².